The Balaban J connectivity index is 1.81. The number of rotatable bonds is 14. The summed E-state index contributed by atoms with van der Waals surface area (Å²) in [6.07, 6.45) is 0.913. The third-order valence-corrected chi connectivity index (χ3v) is 9.41. The quantitative estimate of drug-likeness (QED) is 0.169. The lowest BCUT2D eigenvalue weighted by Gasteiger charge is -2.34. The number of halogens is 2. The van der Waals surface area contributed by atoms with Gasteiger partial charge in [-0.05, 0) is 60.0 Å². The summed E-state index contributed by atoms with van der Waals surface area (Å²) in [5, 5.41) is 3.57. The molecule has 1 atom stereocenters. The summed E-state index contributed by atoms with van der Waals surface area (Å²) in [4.78, 5) is 29.6. The van der Waals surface area contributed by atoms with Gasteiger partial charge in [-0.15, -0.1) is 0 Å². The normalized spacial score (nSPS) is 11.8. The molecule has 0 aliphatic rings. The molecule has 2 amide bonds. The van der Waals surface area contributed by atoms with Gasteiger partial charge in [-0.2, -0.15) is 0 Å². The number of amides is 2. The summed E-state index contributed by atoms with van der Waals surface area (Å²) in [6, 6.07) is 27.7. The van der Waals surface area contributed by atoms with E-state index in [9.17, 15) is 18.0 Å². The van der Waals surface area contributed by atoms with Crippen molar-refractivity contribution < 1.29 is 22.7 Å². The van der Waals surface area contributed by atoms with Gasteiger partial charge in [0.15, 0.2) is 0 Å². The van der Waals surface area contributed by atoms with Crippen LogP contribution in [0, 0.1) is 0 Å². The van der Waals surface area contributed by atoms with Crippen molar-refractivity contribution in [1.29, 1.82) is 0 Å². The third kappa shape index (κ3) is 8.78. The van der Waals surface area contributed by atoms with E-state index in [1.165, 1.54) is 42.3 Å². The SMILES string of the molecule is CCCNC(=O)C(Cc1ccccc1)N(Cc1cccc(Cl)c1)C(=O)CN(c1ccc(OC)c(Cl)c1)S(=O)(=O)c1ccccc1. The highest BCUT2D eigenvalue weighted by Gasteiger charge is 2.34. The van der Waals surface area contributed by atoms with E-state index >= 15 is 0 Å². The number of carbonyl (C=O) groups excluding carboxylic acids is 2. The van der Waals surface area contributed by atoms with Gasteiger partial charge < -0.3 is 15.0 Å². The van der Waals surface area contributed by atoms with Gasteiger partial charge in [-0.3, -0.25) is 13.9 Å². The standard InChI is InChI=1S/C34H35Cl2N3O5S/c1-3-19-37-34(41)31(21-25-11-6-4-7-12-25)38(23-26-13-10-14-27(35)20-26)33(40)24-39(28-17-18-32(44-2)30(36)22-28)45(42,43)29-15-8-5-9-16-29/h4-18,20,22,31H,3,19,21,23-24H2,1-2H3,(H,37,41). The van der Waals surface area contributed by atoms with Crippen molar-refractivity contribution in [2.45, 2.75) is 37.2 Å². The van der Waals surface area contributed by atoms with Gasteiger partial charge in [0, 0.05) is 24.5 Å². The zero-order valence-electron chi connectivity index (χ0n) is 25.0. The van der Waals surface area contributed by atoms with Crippen LogP contribution in [0.3, 0.4) is 0 Å². The minimum atomic E-state index is -4.25. The highest BCUT2D eigenvalue weighted by atomic mass is 35.5. The minimum absolute atomic E-state index is 0.00680. The Hall–Kier alpha value is -4.05. The molecule has 0 bridgehead atoms. The molecule has 0 aliphatic heterocycles. The molecule has 0 saturated carbocycles. The number of carbonyl (C=O) groups is 2. The van der Waals surface area contributed by atoms with Crippen LogP contribution in [0.5, 0.6) is 5.75 Å². The molecule has 0 fully saturated rings. The van der Waals surface area contributed by atoms with E-state index in [2.05, 4.69) is 5.32 Å². The Morgan fingerprint density at radius 2 is 1.53 bits per heavy atom. The zero-order valence-corrected chi connectivity index (χ0v) is 27.4. The Kier molecular flexibility index (Phi) is 11.9. The van der Waals surface area contributed by atoms with Crippen LogP contribution >= 0.6 is 23.2 Å². The van der Waals surface area contributed by atoms with Gasteiger partial charge in [0.1, 0.15) is 18.3 Å². The summed E-state index contributed by atoms with van der Waals surface area (Å²) >= 11 is 12.7. The number of nitrogens with one attached hydrogen (secondary N) is 1. The predicted octanol–water partition coefficient (Wildman–Crippen LogP) is 6.36. The Bertz CT molecular complexity index is 1710. The predicted molar refractivity (Wildman–Crippen MR) is 178 cm³/mol. The van der Waals surface area contributed by atoms with Crippen LogP contribution in [-0.2, 0) is 32.6 Å². The average Bonchev–Trinajstić information content (AvgIpc) is 3.04. The number of ether oxygens (including phenoxy) is 1. The van der Waals surface area contributed by atoms with E-state index in [4.69, 9.17) is 27.9 Å². The van der Waals surface area contributed by atoms with Gasteiger partial charge in [0.25, 0.3) is 10.0 Å². The summed E-state index contributed by atoms with van der Waals surface area (Å²) in [5.74, 6) is -0.586. The van der Waals surface area contributed by atoms with Gasteiger partial charge in [-0.25, -0.2) is 8.42 Å². The van der Waals surface area contributed by atoms with Gasteiger partial charge in [0.05, 0.1) is 22.7 Å². The highest BCUT2D eigenvalue weighted by Crippen LogP contribution is 2.32. The first kappa shape index (κ1) is 33.8. The van der Waals surface area contributed by atoms with Crippen molar-refractivity contribution in [3.63, 3.8) is 0 Å². The first-order valence-corrected chi connectivity index (χ1v) is 16.6. The lowest BCUT2D eigenvalue weighted by molar-refractivity contribution is -0.140. The second-order valence-corrected chi connectivity index (χ2v) is 13.0. The molecular formula is C34H35Cl2N3O5S. The molecule has 8 nitrogen and oxygen atoms in total. The number of anilines is 1. The molecule has 0 saturated heterocycles. The van der Waals surface area contributed by atoms with E-state index in [0.717, 1.165) is 9.87 Å². The molecule has 0 aliphatic carbocycles. The number of nitrogens with zero attached hydrogens (tertiary/aromatic N) is 2. The minimum Gasteiger partial charge on any atom is -0.495 e. The van der Waals surface area contributed by atoms with Crippen molar-refractivity contribution in [2.24, 2.45) is 0 Å². The fraction of sp³-hybridized carbons (Fsp3) is 0.235. The second kappa shape index (κ2) is 15.8. The zero-order chi connectivity index (χ0) is 32.4. The Morgan fingerprint density at radius 3 is 2.16 bits per heavy atom. The Labute approximate surface area is 274 Å². The lowest BCUT2D eigenvalue weighted by atomic mass is 10.0. The number of benzene rings is 4. The number of methoxy groups -OCH3 is 1. The first-order valence-electron chi connectivity index (χ1n) is 14.4. The average molecular weight is 669 g/mol. The number of hydrogen-bond acceptors (Lipinski definition) is 5. The topological polar surface area (TPSA) is 96.0 Å². The fourth-order valence-corrected chi connectivity index (χ4v) is 6.70. The van der Waals surface area contributed by atoms with Gasteiger partial charge in [-0.1, -0.05) is 90.8 Å². The van der Waals surface area contributed by atoms with Gasteiger partial charge in [0.2, 0.25) is 11.8 Å². The monoisotopic (exact) mass is 667 g/mol. The molecule has 45 heavy (non-hydrogen) atoms. The molecule has 11 heteroatoms. The maximum atomic E-state index is 14.5. The summed E-state index contributed by atoms with van der Waals surface area (Å²) in [7, 11) is -2.80. The van der Waals surface area contributed by atoms with Crippen LogP contribution in [0.15, 0.2) is 108 Å². The molecule has 0 spiro atoms. The number of sulfonamides is 1. The number of hydrogen-bond donors (Lipinski definition) is 1. The van der Waals surface area contributed by atoms with Crippen molar-refractivity contribution in [2.75, 3.05) is 24.5 Å². The van der Waals surface area contributed by atoms with Gasteiger partial charge >= 0.3 is 0 Å². The third-order valence-electron chi connectivity index (χ3n) is 7.10. The maximum Gasteiger partial charge on any atom is 0.264 e. The van der Waals surface area contributed by atoms with Crippen LogP contribution < -0.4 is 14.4 Å². The molecule has 0 heterocycles. The van der Waals surface area contributed by atoms with E-state index in [1.807, 2.05) is 37.3 Å². The van der Waals surface area contributed by atoms with E-state index in [0.29, 0.717) is 29.3 Å². The van der Waals surface area contributed by atoms with Crippen LogP contribution in [-0.4, -0.2) is 51.4 Å². The van der Waals surface area contributed by atoms with E-state index < -0.39 is 28.5 Å². The van der Waals surface area contributed by atoms with Crippen molar-refractivity contribution in [3.8, 4) is 5.75 Å². The molecule has 1 unspecified atom stereocenters. The molecule has 0 aromatic heterocycles. The summed E-state index contributed by atoms with van der Waals surface area (Å²) < 4.78 is 34.4. The second-order valence-electron chi connectivity index (χ2n) is 10.3. The fourth-order valence-electron chi connectivity index (χ4n) is 4.81. The molecule has 4 aromatic carbocycles. The molecule has 1 N–H and O–H groups in total. The van der Waals surface area contributed by atoms with Crippen LogP contribution in [0.25, 0.3) is 0 Å². The largest absolute Gasteiger partial charge is 0.495 e. The summed E-state index contributed by atoms with van der Waals surface area (Å²) in [6.45, 7) is 1.77. The van der Waals surface area contributed by atoms with E-state index in [1.54, 1.807) is 42.5 Å². The Morgan fingerprint density at radius 1 is 0.867 bits per heavy atom. The summed E-state index contributed by atoms with van der Waals surface area (Å²) in [5.41, 5.74) is 1.69. The van der Waals surface area contributed by atoms with Crippen LogP contribution in [0.4, 0.5) is 5.69 Å². The van der Waals surface area contributed by atoms with Crippen molar-refractivity contribution >= 4 is 50.7 Å². The van der Waals surface area contributed by atoms with E-state index in [-0.39, 0.29) is 34.5 Å². The molecule has 4 aromatic rings. The smallest absolute Gasteiger partial charge is 0.264 e. The maximum absolute atomic E-state index is 14.5. The highest BCUT2D eigenvalue weighted by molar-refractivity contribution is 7.92. The van der Waals surface area contributed by atoms with Crippen LogP contribution in [0.1, 0.15) is 24.5 Å². The van der Waals surface area contributed by atoms with Crippen LogP contribution in [0.2, 0.25) is 10.0 Å². The lowest BCUT2D eigenvalue weighted by Crippen LogP contribution is -2.53. The molecule has 0 radical (unpaired) electrons. The van der Waals surface area contributed by atoms with Crippen molar-refractivity contribution in [3.05, 3.63) is 124 Å². The van der Waals surface area contributed by atoms with Crippen molar-refractivity contribution in [1.82, 2.24) is 10.2 Å². The molecular weight excluding hydrogens is 633 g/mol. The molecule has 4 rings (SSSR count). The molecule has 236 valence electrons. The first-order chi connectivity index (χ1) is 21.6.